The van der Waals surface area contributed by atoms with Crippen LogP contribution in [0, 0.1) is 0 Å². The molecule has 576 valence electrons. The molecule has 4 heterocycles. The SMILES string of the molecule is C[C@@H]1N/C(=C/C(=O)Cc2cccc3c2C(=O)c2ccccc2-3)[C@@H](O)[C@H](O)[C@@H]1O.C[C@@H]1N/C(=C/NC(=O)c2cccc3c2C(=O)c2ccccc2-3)[C@@H](O)[C@H](O)[C@@H]1O.C[C@@H]1N/C(=C\C(=O)Cc2cccc3c2C(=O)c2ccccc2-3)[C@@H](O)[C@H](O)[C@@H]1O.C[C@@H]1N/C(=C\NC(=O)c2cccc3c2C(=O)c2ccccc2-3)[C@@H](O)[C@H](O)[C@@H]1O. The molecule has 0 bridgehead atoms. The maximum absolute atomic E-state index is 12.8. The number of allylic oxidation sites excluding steroid dienone is 2. The molecule has 8 aromatic rings. The lowest BCUT2D eigenvalue weighted by molar-refractivity contribution is -0.115. The molecule has 4 fully saturated rings. The van der Waals surface area contributed by atoms with Gasteiger partial charge in [0.25, 0.3) is 11.8 Å². The first kappa shape index (κ1) is 78.5. The number of aliphatic hydroxyl groups excluding tert-OH is 12. The molecule has 4 saturated heterocycles. The van der Waals surface area contributed by atoms with E-state index in [2.05, 4.69) is 31.9 Å². The summed E-state index contributed by atoms with van der Waals surface area (Å²) in [6.07, 6.45) is -10.5. The van der Waals surface area contributed by atoms with Gasteiger partial charge in [-0.3, -0.25) is 38.4 Å². The molecular weight excluding hydrogens is 1440 g/mol. The number of hydrogen-bond acceptors (Lipinski definition) is 24. The summed E-state index contributed by atoms with van der Waals surface area (Å²) in [4.78, 5) is 102. The zero-order valence-electron chi connectivity index (χ0n) is 60.8. The normalized spacial score (nSPS) is 27.2. The third kappa shape index (κ3) is 14.9. The highest BCUT2D eigenvalue weighted by Gasteiger charge is 2.43. The molecule has 18 N–H and O–H groups in total. The Morgan fingerprint density at radius 2 is 0.527 bits per heavy atom. The first-order valence-electron chi connectivity index (χ1n) is 36.4. The summed E-state index contributed by atoms with van der Waals surface area (Å²) in [6.45, 7) is 6.60. The molecule has 0 saturated carbocycles. The number of fused-ring (bicyclic) bond motifs is 12. The summed E-state index contributed by atoms with van der Waals surface area (Å²) in [5.41, 5.74) is 13.0. The van der Waals surface area contributed by atoms with Crippen molar-refractivity contribution in [2.45, 2.75) is 138 Å². The Bertz CT molecular complexity index is 4960. The third-order valence-corrected chi connectivity index (χ3v) is 21.3. The molecular formula is C86H82N6O20. The third-order valence-electron chi connectivity index (χ3n) is 21.3. The fourth-order valence-electron chi connectivity index (χ4n) is 15.3. The molecule has 112 heavy (non-hydrogen) atoms. The fourth-order valence-corrected chi connectivity index (χ4v) is 15.3. The Labute approximate surface area is 641 Å². The van der Waals surface area contributed by atoms with Crippen molar-refractivity contribution in [1.29, 1.82) is 0 Å². The minimum absolute atomic E-state index is 0.00612. The standard InChI is InChI=1S/2C22H21NO5.2C21H20N2O5/c2*1-11-19(25)22(28)21(27)17(23-11)10-13(24)9-12-5-4-8-15-14-6-2-3-7-16(14)20(26)18(12)15;2*1-10-17(24)20(27)19(26)15(23-10)9-22-21(28)14-8-4-7-12-11-5-2-3-6-13(11)18(25)16(12)14/h2*2-8,10-11,19,21-23,25,27-28H,9H2,1H3;2*2-10,17,19-20,23-24,26-27H,1H3,(H,22,28)/b17-10+;17-10-;15-9+;15-9-/t2*11-,19+,21+,22+;2*10-,17+,19+,20+/m0000/s1. The van der Waals surface area contributed by atoms with Gasteiger partial charge >= 0.3 is 0 Å². The number of carbonyl (C=O) groups excluding carboxylic acids is 8. The molecule has 26 nitrogen and oxygen atoms in total. The quantitative estimate of drug-likeness (QED) is 0.0875. The van der Waals surface area contributed by atoms with Crippen LogP contribution >= 0.6 is 0 Å². The molecule has 0 radical (unpaired) electrons. The summed E-state index contributed by atoms with van der Waals surface area (Å²) in [5.74, 6) is -2.22. The van der Waals surface area contributed by atoms with Crippen molar-refractivity contribution in [2.24, 2.45) is 0 Å². The van der Waals surface area contributed by atoms with Gasteiger partial charge in [0, 0.05) is 93.3 Å². The van der Waals surface area contributed by atoms with Gasteiger partial charge in [0.15, 0.2) is 34.7 Å². The van der Waals surface area contributed by atoms with Crippen LogP contribution in [0.2, 0.25) is 0 Å². The predicted molar refractivity (Wildman–Crippen MR) is 408 cm³/mol. The van der Waals surface area contributed by atoms with E-state index >= 15 is 0 Å². The van der Waals surface area contributed by atoms with Crippen LogP contribution in [0.15, 0.2) is 217 Å². The Morgan fingerprint density at radius 1 is 0.295 bits per heavy atom. The lowest BCUT2D eigenvalue weighted by Gasteiger charge is -2.36. The fraction of sp³-hybridized carbons (Fsp3) is 0.256. The first-order valence-corrected chi connectivity index (χ1v) is 36.4. The van der Waals surface area contributed by atoms with Crippen LogP contribution in [-0.4, -0.2) is 205 Å². The van der Waals surface area contributed by atoms with Gasteiger partial charge in [-0.1, -0.05) is 158 Å². The van der Waals surface area contributed by atoms with E-state index < -0.39 is 109 Å². The van der Waals surface area contributed by atoms with Crippen LogP contribution in [0.4, 0.5) is 0 Å². The average Bonchev–Trinajstić information content (AvgIpc) is 1.60. The summed E-state index contributed by atoms with van der Waals surface area (Å²) in [6, 6.07) is 48.2. The van der Waals surface area contributed by atoms with Crippen LogP contribution < -0.4 is 31.9 Å². The van der Waals surface area contributed by atoms with Crippen molar-refractivity contribution in [2.75, 3.05) is 0 Å². The van der Waals surface area contributed by atoms with Crippen molar-refractivity contribution in [3.05, 3.63) is 284 Å². The second kappa shape index (κ2) is 32.4. The van der Waals surface area contributed by atoms with Gasteiger partial charge in [0.2, 0.25) is 0 Å². The smallest absolute Gasteiger partial charge is 0.256 e. The second-order valence-corrected chi connectivity index (χ2v) is 28.7. The van der Waals surface area contributed by atoms with E-state index in [1.54, 1.807) is 113 Å². The topological polar surface area (TPSA) is 452 Å². The number of hydrogen-bond donors (Lipinski definition) is 18. The number of piperidine rings is 4. The number of nitrogens with one attached hydrogen (secondary N) is 6. The van der Waals surface area contributed by atoms with Crippen LogP contribution in [-0.2, 0) is 22.4 Å². The van der Waals surface area contributed by atoms with Gasteiger partial charge in [-0.05, 0) is 95.5 Å². The zero-order valence-corrected chi connectivity index (χ0v) is 60.8. The Hall–Kier alpha value is -11.6. The molecule has 16 atom stereocenters. The molecule has 2 amide bonds. The average molecular weight is 1520 g/mol. The van der Waals surface area contributed by atoms with Gasteiger partial charge in [-0.2, -0.15) is 0 Å². The van der Waals surface area contributed by atoms with Crippen LogP contribution in [0.1, 0.15) is 123 Å². The minimum Gasteiger partial charge on any atom is -0.388 e. The van der Waals surface area contributed by atoms with Gasteiger partial charge in [-0.25, -0.2) is 0 Å². The zero-order chi connectivity index (χ0) is 80.0. The van der Waals surface area contributed by atoms with E-state index in [4.69, 9.17) is 0 Å². The van der Waals surface area contributed by atoms with Crippen molar-refractivity contribution in [1.82, 2.24) is 31.9 Å². The Morgan fingerprint density at radius 3 is 0.821 bits per heavy atom. The molecule has 0 aromatic heterocycles. The maximum atomic E-state index is 12.8. The summed E-state index contributed by atoms with van der Waals surface area (Å²) in [5, 5.41) is 136. The Balaban J connectivity index is 0.000000131. The lowest BCUT2D eigenvalue weighted by atomic mass is 9.92. The molecule has 26 heteroatoms. The molecule has 0 spiro atoms. The minimum atomic E-state index is -1.37. The van der Waals surface area contributed by atoms with Crippen LogP contribution in [0.3, 0.4) is 0 Å². The maximum Gasteiger partial charge on any atom is 0.256 e. The molecule has 4 aliphatic carbocycles. The van der Waals surface area contributed by atoms with E-state index in [-0.39, 0.29) is 81.5 Å². The van der Waals surface area contributed by atoms with Crippen molar-refractivity contribution >= 4 is 46.5 Å². The van der Waals surface area contributed by atoms with Gasteiger partial charge in [0.1, 0.15) is 73.2 Å². The monoisotopic (exact) mass is 1520 g/mol. The van der Waals surface area contributed by atoms with Crippen LogP contribution in [0.5, 0.6) is 0 Å². The first-order chi connectivity index (χ1) is 53.6. The van der Waals surface area contributed by atoms with E-state index in [0.29, 0.717) is 66.8 Å². The molecule has 16 rings (SSSR count). The molecule has 4 aliphatic heterocycles. The predicted octanol–water partition coefficient (Wildman–Crippen LogP) is 3.02. The summed E-state index contributed by atoms with van der Waals surface area (Å²) >= 11 is 0. The van der Waals surface area contributed by atoms with E-state index in [0.717, 1.165) is 33.4 Å². The van der Waals surface area contributed by atoms with Crippen LogP contribution in [0.25, 0.3) is 44.5 Å². The highest BCUT2D eigenvalue weighted by atomic mass is 16.4. The molecule has 8 aromatic carbocycles. The Kier molecular flexibility index (Phi) is 22.7. The molecule has 8 aliphatic rings. The number of amides is 2. The number of rotatable bonds is 10. The van der Waals surface area contributed by atoms with Crippen molar-refractivity contribution < 1.29 is 99.6 Å². The number of benzene rings is 8. The molecule has 0 unspecified atom stereocenters. The number of aliphatic hydroxyl groups is 12. The highest BCUT2D eigenvalue weighted by molar-refractivity contribution is 6.27. The van der Waals surface area contributed by atoms with Crippen molar-refractivity contribution in [3.63, 3.8) is 0 Å². The number of ketones is 6. The largest absolute Gasteiger partial charge is 0.388 e. The van der Waals surface area contributed by atoms with E-state index in [1.165, 1.54) is 24.6 Å². The van der Waals surface area contributed by atoms with Gasteiger partial charge in [-0.15, -0.1) is 0 Å². The number of carbonyl (C=O) groups is 8. The lowest BCUT2D eigenvalue weighted by Crippen LogP contribution is -2.57. The summed E-state index contributed by atoms with van der Waals surface area (Å²) < 4.78 is 0. The van der Waals surface area contributed by atoms with E-state index in [9.17, 15) is 99.6 Å². The van der Waals surface area contributed by atoms with Crippen molar-refractivity contribution in [3.8, 4) is 44.5 Å². The van der Waals surface area contributed by atoms with E-state index in [1.807, 2.05) is 84.9 Å². The second-order valence-electron chi connectivity index (χ2n) is 28.7. The summed E-state index contributed by atoms with van der Waals surface area (Å²) in [7, 11) is 0. The van der Waals surface area contributed by atoms with Gasteiger partial charge in [0.05, 0.1) is 46.7 Å². The van der Waals surface area contributed by atoms with Gasteiger partial charge < -0.3 is 93.2 Å². The highest BCUT2D eigenvalue weighted by Crippen LogP contribution is 2.43.